The zero-order valence-corrected chi connectivity index (χ0v) is 14.5. The Hall–Kier alpha value is -0.160. The lowest BCUT2D eigenvalue weighted by Gasteiger charge is -2.02. The van der Waals surface area contributed by atoms with Crippen LogP contribution in [0.2, 0.25) is 0 Å². The number of rotatable bonds is 9. The molecule has 0 saturated heterocycles. The van der Waals surface area contributed by atoms with Gasteiger partial charge in [-0.1, -0.05) is 82.3 Å². The Morgan fingerprint density at radius 1 is 0.550 bits per heavy atom. The van der Waals surface area contributed by atoms with Crippen molar-refractivity contribution in [2.45, 2.75) is 12.8 Å². The summed E-state index contributed by atoms with van der Waals surface area (Å²) in [5.74, 6) is 2.36. The molecule has 0 saturated carbocycles. The largest absolute Gasteiger partial charge is 0.0814 e. The first kappa shape index (κ1) is 16.2. The number of aryl methyl sites for hydroxylation is 2. The molecule has 106 valence electrons. The quantitative estimate of drug-likeness (QED) is 0.397. The molecule has 0 aliphatic heterocycles. The van der Waals surface area contributed by atoms with Gasteiger partial charge in [-0.25, -0.2) is 0 Å². The highest BCUT2D eigenvalue weighted by Crippen LogP contribution is 2.43. The molecule has 2 rings (SSSR count). The molecule has 0 N–H and O–H groups in total. The van der Waals surface area contributed by atoms with E-state index in [4.69, 9.17) is 0 Å². The highest BCUT2D eigenvalue weighted by molar-refractivity contribution is 9.26. The van der Waals surface area contributed by atoms with Crippen molar-refractivity contribution in [3.8, 4) is 0 Å². The van der Waals surface area contributed by atoms with Gasteiger partial charge in [0.15, 0.2) is 0 Å². The van der Waals surface area contributed by atoms with Crippen LogP contribution in [0.1, 0.15) is 11.1 Å². The summed E-state index contributed by atoms with van der Waals surface area (Å²) in [7, 11) is 7.71. The second-order valence-corrected chi connectivity index (χ2v) is 10.5. The smallest absolute Gasteiger partial charge is 0.00859 e. The van der Waals surface area contributed by atoms with Gasteiger partial charge in [-0.15, -0.1) is 0 Å². The Morgan fingerprint density at radius 2 is 0.950 bits per heavy atom. The predicted octanol–water partition coefficient (Wildman–Crippen LogP) is 6.15. The van der Waals surface area contributed by atoms with Gasteiger partial charge in [0.1, 0.15) is 0 Å². The Kier molecular flexibility index (Phi) is 8.55. The second-order valence-electron chi connectivity index (χ2n) is 4.25. The third kappa shape index (κ3) is 7.02. The van der Waals surface area contributed by atoms with E-state index in [1.165, 1.54) is 22.6 Å². The van der Waals surface area contributed by atoms with Crippen molar-refractivity contribution in [3.63, 3.8) is 0 Å². The summed E-state index contributed by atoms with van der Waals surface area (Å²) < 4.78 is 0. The summed E-state index contributed by atoms with van der Waals surface area (Å²) in [5, 5.41) is 0. The lowest BCUT2D eigenvalue weighted by atomic mass is 10.2. The summed E-state index contributed by atoms with van der Waals surface area (Å²) in [6.07, 6.45) is 2.32. The fourth-order valence-electron chi connectivity index (χ4n) is 1.72. The maximum atomic E-state index is 2.20. The summed E-state index contributed by atoms with van der Waals surface area (Å²) in [6, 6.07) is 21.4. The standard InChI is InChI=1S/C16H18S4/c1-3-7-15(8-4-1)11-13-17-19-20-18-14-12-16-9-5-2-6-10-16/h1-10H,11-14H2. The van der Waals surface area contributed by atoms with Crippen molar-refractivity contribution in [2.24, 2.45) is 0 Å². The van der Waals surface area contributed by atoms with E-state index in [9.17, 15) is 0 Å². The van der Waals surface area contributed by atoms with Gasteiger partial charge in [-0.2, -0.15) is 0 Å². The van der Waals surface area contributed by atoms with Crippen molar-refractivity contribution in [1.29, 1.82) is 0 Å². The van der Waals surface area contributed by atoms with Crippen LogP contribution in [0.5, 0.6) is 0 Å². The van der Waals surface area contributed by atoms with Gasteiger partial charge in [0.25, 0.3) is 0 Å². The first-order valence-electron chi connectivity index (χ1n) is 6.61. The van der Waals surface area contributed by atoms with Gasteiger partial charge in [-0.05, 0) is 43.6 Å². The SMILES string of the molecule is c1ccc(CCSSSSCCc2ccccc2)cc1. The Bertz CT molecular complexity index is 413. The topological polar surface area (TPSA) is 0 Å². The van der Waals surface area contributed by atoms with Crippen molar-refractivity contribution < 1.29 is 0 Å². The zero-order chi connectivity index (χ0) is 13.9. The zero-order valence-electron chi connectivity index (χ0n) is 11.2. The van der Waals surface area contributed by atoms with Crippen LogP contribution in [-0.2, 0) is 12.8 Å². The van der Waals surface area contributed by atoms with Crippen LogP contribution in [0, 0.1) is 0 Å². The fourth-order valence-corrected chi connectivity index (χ4v) is 7.77. The molecule has 0 aliphatic carbocycles. The normalized spacial score (nSPS) is 10.6. The minimum atomic E-state index is 1.16. The first-order chi connectivity index (χ1) is 9.95. The Morgan fingerprint density at radius 3 is 1.35 bits per heavy atom. The molecule has 20 heavy (non-hydrogen) atoms. The van der Waals surface area contributed by atoms with Crippen LogP contribution >= 0.6 is 41.2 Å². The van der Waals surface area contributed by atoms with Crippen molar-refractivity contribution in [2.75, 3.05) is 11.5 Å². The molecule has 0 aromatic heterocycles. The molecule has 0 unspecified atom stereocenters. The molecule has 2 aromatic rings. The molecular weight excluding hydrogens is 320 g/mol. The Labute approximate surface area is 137 Å². The van der Waals surface area contributed by atoms with Gasteiger partial charge >= 0.3 is 0 Å². The molecule has 4 heteroatoms. The highest BCUT2D eigenvalue weighted by Gasteiger charge is 1.96. The minimum Gasteiger partial charge on any atom is -0.0814 e. The monoisotopic (exact) mass is 338 g/mol. The van der Waals surface area contributed by atoms with Gasteiger partial charge in [-0.3, -0.25) is 0 Å². The van der Waals surface area contributed by atoms with Crippen LogP contribution in [0.4, 0.5) is 0 Å². The maximum Gasteiger partial charge on any atom is 0.00859 e. The third-order valence-electron chi connectivity index (χ3n) is 2.76. The molecule has 0 atom stereocenters. The van der Waals surface area contributed by atoms with Crippen LogP contribution < -0.4 is 0 Å². The molecule has 0 heterocycles. The molecule has 0 fully saturated rings. The van der Waals surface area contributed by atoms with E-state index in [0.717, 1.165) is 12.8 Å². The molecule has 2 aromatic carbocycles. The van der Waals surface area contributed by atoms with E-state index >= 15 is 0 Å². The molecule has 0 nitrogen and oxygen atoms in total. The van der Waals surface area contributed by atoms with E-state index in [1.807, 2.05) is 41.2 Å². The van der Waals surface area contributed by atoms with Crippen LogP contribution in [0.15, 0.2) is 60.7 Å². The minimum absolute atomic E-state index is 1.16. The lowest BCUT2D eigenvalue weighted by molar-refractivity contribution is 1.16. The van der Waals surface area contributed by atoms with Crippen molar-refractivity contribution >= 4 is 41.2 Å². The molecule has 0 bridgehead atoms. The van der Waals surface area contributed by atoms with Gasteiger partial charge in [0.2, 0.25) is 0 Å². The summed E-state index contributed by atoms with van der Waals surface area (Å²) in [5.41, 5.74) is 2.87. The summed E-state index contributed by atoms with van der Waals surface area (Å²) in [4.78, 5) is 0. The van der Waals surface area contributed by atoms with E-state index in [2.05, 4.69) is 60.7 Å². The summed E-state index contributed by atoms with van der Waals surface area (Å²) in [6.45, 7) is 0. The van der Waals surface area contributed by atoms with Crippen molar-refractivity contribution in [3.05, 3.63) is 71.8 Å². The van der Waals surface area contributed by atoms with Gasteiger partial charge in [0, 0.05) is 11.5 Å². The van der Waals surface area contributed by atoms with Crippen LogP contribution in [-0.4, -0.2) is 11.5 Å². The molecular formula is C16H18S4. The van der Waals surface area contributed by atoms with Crippen molar-refractivity contribution in [1.82, 2.24) is 0 Å². The fraction of sp³-hybridized carbons (Fsp3) is 0.250. The van der Waals surface area contributed by atoms with E-state index < -0.39 is 0 Å². The molecule has 0 radical (unpaired) electrons. The molecule has 0 aliphatic rings. The predicted molar refractivity (Wildman–Crippen MR) is 100 cm³/mol. The first-order valence-corrected chi connectivity index (χ1v) is 11.8. The average molecular weight is 339 g/mol. The Balaban J connectivity index is 1.44. The number of hydrogen-bond donors (Lipinski definition) is 0. The van der Waals surface area contributed by atoms with E-state index in [0.29, 0.717) is 0 Å². The van der Waals surface area contributed by atoms with E-state index in [-0.39, 0.29) is 0 Å². The summed E-state index contributed by atoms with van der Waals surface area (Å²) >= 11 is 0. The van der Waals surface area contributed by atoms with Gasteiger partial charge < -0.3 is 0 Å². The molecule has 0 spiro atoms. The second kappa shape index (κ2) is 10.6. The van der Waals surface area contributed by atoms with Crippen LogP contribution in [0.25, 0.3) is 0 Å². The van der Waals surface area contributed by atoms with Crippen LogP contribution in [0.3, 0.4) is 0 Å². The lowest BCUT2D eigenvalue weighted by Crippen LogP contribution is -1.85. The maximum absolute atomic E-state index is 2.20. The van der Waals surface area contributed by atoms with E-state index in [1.54, 1.807) is 0 Å². The molecule has 0 amide bonds. The highest BCUT2D eigenvalue weighted by atomic mass is 33.7. The number of hydrogen-bond acceptors (Lipinski definition) is 4. The third-order valence-corrected chi connectivity index (χ3v) is 9.22. The van der Waals surface area contributed by atoms with Gasteiger partial charge in [0.05, 0.1) is 0 Å². The average Bonchev–Trinajstić information content (AvgIpc) is 2.52. The number of benzene rings is 2.